The summed E-state index contributed by atoms with van der Waals surface area (Å²) in [7, 11) is 0. The van der Waals surface area contributed by atoms with Crippen LogP contribution < -0.4 is 5.32 Å². The maximum atomic E-state index is 4.63. The van der Waals surface area contributed by atoms with Gasteiger partial charge in [0.05, 0.1) is 11.4 Å². The van der Waals surface area contributed by atoms with Crippen LogP contribution in [0.15, 0.2) is 24.4 Å². The summed E-state index contributed by atoms with van der Waals surface area (Å²) < 4.78 is 2.21. The molecule has 0 radical (unpaired) electrons. The lowest BCUT2D eigenvalue weighted by atomic mass is 10.2. The Kier molecular flexibility index (Phi) is 4.32. The number of aryl methyl sites for hydroxylation is 1. The molecule has 0 aromatic carbocycles. The number of thioether (sulfide) groups is 1. The first-order chi connectivity index (χ1) is 9.79. The lowest BCUT2D eigenvalue weighted by Gasteiger charge is -2.20. The Labute approximate surface area is 125 Å². The molecule has 1 saturated carbocycles. The van der Waals surface area contributed by atoms with Crippen molar-refractivity contribution in [1.29, 1.82) is 0 Å². The van der Waals surface area contributed by atoms with Crippen molar-refractivity contribution in [2.24, 2.45) is 0 Å². The van der Waals surface area contributed by atoms with Crippen LogP contribution in [-0.2, 0) is 6.54 Å². The van der Waals surface area contributed by atoms with Crippen molar-refractivity contribution in [3.63, 3.8) is 0 Å². The third-order valence-electron chi connectivity index (χ3n) is 4.19. The Balaban J connectivity index is 1.72. The topological polar surface area (TPSA) is 29.3 Å². The number of imidazole rings is 1. The van der Waals surface area contributed by atoms with Crippen LogP contribution in [0.25, 0.3) is 5.65 Å². The first-order valence-electron chi connectivity index (χ1n) is 7.57. The van der Waals surface area contributed by atoms with Gasteiger partial charge in [0, 0.05) is 24.0 Å². The SMILES string of the molecule is CCSC1CCCC1NCc1c(C)nc2ccccn12. The standard InChI is InChI=1S/C16H23N3S/c1-3-20-15-8-6-7-13(15)17-11-14-12(2)18-16-9-4-5-10-19(14)16/h4-5,9-10,13,15,17H,3,6-8,11H2,1-2H3. The van der Waals surface area contributed by atoms with Gasteiger partial charge >= 0.3 is 0 Å². The predicted molar refractivity (Wildman–Crippen MR) is 86.3 cm³/mol. The van der Waals surface area contributed by atoms with Crippen LogP contribution in [0, 0.1) is 6.92 Å². The molecule has 1 aliphatic rings. The van der Waals surface area contributed by atoms with Crippen LogP contribution in [0.3, 0.4) is 0 Å². The molecule has 2 heterocycles. The molecule has 2 aromatic rings. The van der Waals surface area contributed by atoms with Crippen LogP contribution >= 0.6 is 11.8 Å². The number of pyridine rings is 1. The first kappa shape index (κ1) is 14.0. The van der Waals surface area contributed by atoms with Crippen LogP contribution in [0.1, 0.15) is 37.6 Å². The maximum absolute atomic E-state index is 4.63. The predicted octanol–water partition coefficient (Wildman–Crippen LogP) is 3.41. The summed E-state index contributed by atoms with van der Waals surface area (Å²) in [6.07, 6.45) is 6.15. The summed E-state index contributed by atoms with van der Waals surface area (Å²) >= 11 is 2.11. The molecule has 0 bridgehead atoms. The zero-order valence-corrected chi connectivity index (χ0v) is 13.1. The summed E-state index contributed by atoms with van der Waals surface area (Å²) in [4.78, 5) is 4.63. The average molecular weight is 289 g/mol. The molecule has 2 unspecified atom stereocenters. The summed E-state index contributed by atoms with van der Waals surface area (Å²) in [5.74, 6) is 1.22. The molecule has 0 amide bonds. The Morgan fingerprint density at radius 3 is 3.15 bits per heavy atom. The number of nitrogens with zero attached hydrogens (tertiary/aromatic N) is 2. The molecule has 1 fully saturated rings. The fourth-order valence-electron chi connectivity index (χ4n) is 3.18. The molecule has 2 atom stereocenters. The normalized spacial score (nSPS) is 22.7. The fraction of sp³-hybridized carbons (Fsp3) is 0.562. The van der Waals surface area contributed by atoms with Crippen molar-refractivity contribution < 1.29 is 0 Å². The first-order valence-corrected chi connectivity index (χ1v) is 8.62. The average Bonchev–Trinajstić information content (AvgIpc) is 3.01. The highest BCUT2D eigenvalue weighted by Gasteiger charge is 2.26. The molecule has 20 heavy (non-hydrogen) atoms. The summed E-state index contributed by atoms with van der Waals surface area (Å²) in [5, 5.41) is 4.56. The van der Waals surface area contributed by atoms with Gasteiger partial charge in [-0.1, -0.05) is 19.4 Å². The Hall–Kier alpha value is -1.00. The second kappa shape index (κ2) is 6.19. The van der Waals surface area contributed by atoms with Gasteiger partial charge in [0.15, 0.2) is 0 Å². The quantitative estimate of drug-likeness (QED) is 0.914. The summed E-state index contributed by atoms with van der Waals surface area (Å²) in [6.45, 7) is 5.29. The van der Waals surface area contributed by atoms with E-state index in [2.05, 4.69) is 58.6 Å². The van der Waals surface area contributed by atoms with Crippen LogP contribution in [0.2, 0.25) is 0 Å². The molecular weight excluding hydrogens is 266 g/mol. The van der Waals surface area contributed by atoms with Crippen LogP contribution in [-0.4, -0.2) is 26.4 Å². The van der Waals surface area contributed by atoms with Gasteiger partial charge < -0.3 is 9.72 Å². The van der Waals surface area contributed by atoms with Gasteiger partial charge in [-0.05, 0) is 37.7 Å². The molecule has 2 aromatic heterocycles. The van der Waals surface area contributed by atoms with E-state index in [1.54, 1.807) is 0 Å². The molecule has 4 heteroatoms. The zero-order valence-electron chi connectivity index (χ0n) is 12.3. The third-order valence-corrected chi connectivity index (χ3v) is 5.52. The Bertz CT molecular complexity index is 578. The Morgan fingerprint density at radius 1 is 1.40 bits per heavy atom. The van der Waals surface area contributed by atoms with Crippen molar-refractivity contribution in [2.45, 2.75) is 50.9 Å². The lowest BCUT2D eigenvalue weighted by Crippen LogP contribution is -2.34. The van der Waals surface area contributed by atoms with Crippen molar-refractivity contribution >= 4 is 17.4 Å². The molecule has 0 aliphatic heterocycles. The van der Waals surface area contributed by atoms with E-state index in [-0.39, 0.29) is 0 Å². The summed E-state index contributed by atoms with van der Waals surface area (Å²) in [6, 6.07) is 6.85. The molecule has 0 saturated heterocycles. The minimum atomic E-state index is 0.661. The van der Waals surface area contributed by atoms with Crippen molar-refractivity contribution in [2.75, 3.05) is 5.75 Å². The van der Waals surface area contributed by atoms with Crippen LogP contribution in [0.5, 0.6) is 0 Å². The van der Waals surface area contributed by atoms with E-state index >= 15 is 0 Å². The van der Waals surface area contributed by atoms with Gasteiger partial charge in [-0.3, -0.25) is 0 Å². The van der Waals surface area contributed by atoms with Gasteiger partial charge in [0.2, 0.25) is 0 Å². The van der Waals surface area contributed by atoms with E-state index in [1.807, 2.05) is 6.07 Å². The number of rotatable bonds is 5. The van der Waals surface area contributed by atoms with E-state index in [9.17, 15) is 0 Å². The van der Waals surface area contributed by atoms with Gasteiger partial charge in [0.25, 0.3) is 0 Å². The van der Waals surface area contributed by atoms with E-state index in [0.717, 1.165) is 23.1 Å². The number of nitrogens with one attached hydrogen (secondary N) is 1. The van der Waals surface area contributed by atoms with Gasteiger partial charge in [-0.25, -0.2) is 4.98 Å². The highest BCUT2D eigenvalue weighted by atomic mass is 32.2. The van der Waals surface area contributed by atoms with E-state index in [4.69, 9.17) is 0 Å². The molecule has 3 nitrogen and oxygen atoms in total. The molecule has 3 rings (SSSR count). The highest BCUT2D eigenvalue weighted by Crippen LogP contribution is 2.30. The molecule has 0 spiro atoms. The minimum Gasteiger partial charge on any atom is -0.307 e. The second-order valence-electron chi connectivity index (χ2n) is 5.48. The monoisotopic (exact) mass is 289 g/mol. The van der Waals surface area contributed by atoms with Crippen LogP contribution in [0.4, 0.5) is 0 Å². The highest BCUT2D eigenvalue weighted by molar-refractivity contribution is 7.99. The lowest BCUT2D eigenvalue weighted by molar-refractivity contribution is 0.524. The van der Waals surface area contributed by atoms with Gasteiger partial charge in [-0.2, -0.15) is 11.8 Å². The number of fused-ring (bicyclic) bond motifs is 1. The van der Waals surface area contributed by atoms with Crippen molar-refractivity contribution in [1.82, 2.24) is 14.7 Å². The van der Waals surface area contributed by atoms with E-state index in [0.29, 0.717) is 6.04 Å². The smallest absolute Gasteiger partial charge is 0.137 e. The Morgan fingerprint density at radius 2 is 2.30 bits per heavy atom. The largest absolute Gasteiger partial charge is 0.307 e. The van der Waals surface area contributed by atoms with Crippen molar-refractivity contribution in [3.8, 4) is 0 Å². The zero-order chi connectivity index (χ0) is 13.9. The fourth-order valence-corrected chi connectivity index (χ4v) is 4.40. The van der Waals surface area contributed by atoms with Crippen molar-refractivity contribution in [3.05, 3.63) is 35.8 Å². The number of hydrogen-bond acceptors (Lipinski definition) is 3. The summed E-state index contributed by atoms with van der Waals surface area (Å²) in [5.41, 5.74) is 3.49. The van der Waals surface area contributed by atoms with E-state index < -0.39 is 0 Å². The molecule has 1 N–H and O–H groups in total. The maximum Gasteiger partial charge on any atom is 0.137 e. The third kappa shape index (κ3) is 2.72. The molecule has 1 aliphatic carbocycles. The van der Waals surface area contributed by atoms with Gasteiger partial charge in [0.1, 0.15) is 5.65 Å². The second-order valence-corrected chi connectivity index (χ2v) is 7.00. The molecular formula is C16H23N3S. The minimum absolute atomic E-state index is 0.661. The number of hydrogen-bond donors (Lipinski definition) is 1. The molecule has 108 valence electrons. The number of aromatic nitrogens is 2. The van der Waals surface area contributed by atoms with Gasteiger partial charge in [-0.15, -0.1) is 0 Å². The van der Waals surface area contributed by atoms with E-state index in [1.165, 1.54) is 30.7 Å².